The molecule has 1 aromatic rings. The lowest BCUT2D eigenvalue weighted by molar-refractivity contribution is 0.143. The highest BCUT2D eigenvalue weighted by Gasteiger charge is 2.22. The fourth-order valence-electron chi connectivity index (χ4n) is 2.99. The van der Waals surface area contributed by atoms with Gasteiger partial charge in [0.05, 0.1) is 0 Å². The SMILES string of the molecule is CCOCCCCNCCN1CCC(c2ccccc2)C1. The highest BCUT2D eigenvalue weighted by atomic mass is 16.5. The largest absolute Gasteiger partial charge is 0.382 e. The number of unbranched alkanes of at least 4 members (excludes halogenated alkanes) is 1. The van der Waals surface area contributed by atoms with E-state index in [0.717, 1.165) is 32.2 Å². The van der Waals surface area contributed by atoms with Crippen LogP contribution in [0, 0.1) is 0 Å². The summed E-state index contributed by atoms with van der Waals surface area (Å²) in [4.78, 5) is 2.59. The van der Waals surface area contributed by atoms with Crippen LogP contribution in [0.2, 0.25) is 0 Å². The molecule has 3 nitrogen and oxygen atoms in total. The topological polar surface area (TPSA) is 24.5 Å². The second kappa shape index (κ2) is 9.93. The second-order valence-electron chi connectivity index (χ2n) is 5.85. The molecule has 0 saturated carbocycles. The van der Waals surface area contributed by atoms with Crippen LogP contribution in [0.5, 0.6) is 0 Å². The second-order valence-corrected chi connectivity index (χ2v) is 5.85. The van der Waals surface area contributed by atoms with Crippen molar-refractivity contribution in [3.8, 4) is 0 Å². The van der Waals surface area contributed by atoms with Crippen molar-refractivity contribution in [1.29, 1.82) is 0 Å². The predicted molar refractivity (Wildman–Crippen MR) is 88.8 cm³/mol. The molecule has 1 aromatic carbocycles. The molecule has 2 rings (SSSR count). The van der Waals surface area contributed by atoms with Crippen molar-refractivity contribution >= 4 is 0 Å². The maximum atomic E-state index is 5.34. The molecule has 1 aliphatic rings. The molecule has 0 aromatic heterocycles. The first-order valence-corrected chi connectivity index (χ1v) is 8.46. The maximum Gasteiger partial charge on any atom is 0.0466 e. The van der Waals surface area contributed by atoms with Crippen molar-refractivity contribution in [2.24, 2.45) is 0 Å². The Morgan fingerprint density at radius 1 is 1.19 bits per heavy atom. The Labute approximate surface area is 129 Å². The van der Waals surface area contributed by atoms with Crippen LogP contribution in [0.25, 0.3) is 0 Å². The highest BCUT2D eigenvalue weighted by molar-refractivity contribution is 5.20. The van der Waals surface area contributed by atoms with Gasteiger partial charge in [0.1, 0.15) is 0 Å². The van der Waals surface area contributed by atoms with Gasteiger partial charge in [-0.05, 0) is 50.8 Å². The monoisotopic (exact) mass is 290 g/mol. The van der Waals surface area contributed by atoms with Crippen molar-refractivity contribution in [2.45, 2.75) is 32.1 Å². The Morgan fingerprint density at radius 2 is 2.05 bits per heavy atom. The van der Waals surface area contributed by atoms with Gasteiger partial charge in [0, 0.05) is 32.8 Å². The molecule has 1 N–H and O–H groups in total. The third-order valence-electron chi connectivity index (χ3n) is 4.24. The standard InChI is InChI=1S/C18H30N2O/c1-2-21-15-7-6-11-19-12-14-20-13-10-18(16-20)17-8-4-3-5-9-17/h3-5,8-9,18-19H,2,6-7,10-16H2,1H3. The van der Waals surface area contributed by atoms with Crippen LogP contribution in [0.4, 0.5) is 0 Å². The highest BCUT2D eigenvalue weighted by Crippen LogP contribution is 2.26. The zero-order valence-corrected chi connectivity index (χ0v) is 13.4. The lowest BCUT2D eigenvalue weighted by Crippen LogP contribution is -2.31. The molecule has 0 bridgehead atoms. The Hall–Kier alpha value is -0.900. The molecule has 1 heterocycles. The van der Waals surface area contributed by atoms with E-state index < -0.39 is 0 Å². The summed E-state index contributed by atoms with van der Waals surface area (Å²) >= 11 is 0. The first-order valence-electron chi connectivity index (χ1n) is 8.46. The molecule has 3 heteroatoms. The van der Waals surface area contributed by atoms with Gasteiger partial charge < -0.3 is 15.0 Å². The third kappa shape index (κ3) is 6.16. The van der Waals surface area contributed by atoms with Crippen LogP contribution in [0.3, 0.4) is 0 Å². The van der Waals surface area contributed by atoms with E-state index >= 15 is 0 Å². The summed E-state index contributed by atoms with van der Waals surface area (Å²) in [5.74, 6) is 0.734. The minimum absolute atomic E-state index is 0.734. The fourth-order valence-corrected chi connectivity index (χ4v) is 2.99. The summed E-state index contributed by atoms with van der Waals surface area (Å²) < 4.78 is 5.34. The van der Waals surface area contributed by atoms with Gasteiger partial charge in [-0.3, -0.25) is 0 Å². The Bertz CT molecular complexity index is 369. The van der Waals surface area contributed by atoms with E-state index in [1.165, 1.54) is 44.5 Å². The number of rotatable bonds is 10. The predicted octanol–water partition coefficient (Wildman–Crippen LogP) is 2.88. The van der Waals surface area contributed by atoms with Crippen LogP contribution in [-0.4, -0.2) is 50.8 Å². The van der Waals surface area contributed by atoms with Gasteiger partial charge in [-0.15, -0.1) is 0 Å². The number of ether oxygens (including phenoxy) is 1. The van der Waals surface area contributed by atoms with Crippen LogP contribution in [0.1, 0.15) is 37.7 Å². The summed E-state index contributed by atoms with van der Waals surface area (Å²) in [6, 6.07) is 10.9. The van der Waals surface area contributed by atoms with E-state index in [-0.39, 0.29) is 0 Å². The molecular formula is C18H30N2O. The first kappa shape index (κ1) is 16.5. The van der Waals surface area contributed by atoms with E-state index in [2.05, 4.69) is 47.5 Å². The minimum atomic E-state index is 0.734. The van der Waals surface area contributed by atoms with Crippen LogP contribution in [-0.2, 0) is 4.74 Å². The normalized spacial score (nSPS) is 19.2. The van der Waals surface area contributed by atoms with E-state index in [1.54, 1.807) is 0 Å². The molecule has 118 valence electrons. The van der Waals surface area contributed by atoms with Crippen LogP contribution in [0.15, 0.2) is 30.3 Å². The number of benzene rings is 1. The fraction of sp³-hybridized carbons (Fsp3) is 0.667. The molecule has 1 saturated heterocycles. The van der Waals surface area contributed by atoms with Gasteiger partial charge in [0.25, 0.3) is 0 Å². The molecular weight excluding hydrogens is 260 g/mol. The lowest BCUT2D eigenvalue weighted by Gasteiger charge is -2.16. The van der Waals surface area contributed by atoms with E-state index in [4.69, 9.17) is 4.74 Å². The lowest BCUT2D eigenvalue weighted by atomic mass is 9.99. The number of likely N-dealkylation sites (tertiary alicyclic amines) is 1. The van der Waals surface area contributed by atoms with Crippen LogP contribution < -0.4 is 5.32 Å². The van der Waals surface area contributed by atoms with Crippen LogP contribution >= 0.6 is 0 Å². The molecule has 0 aliphatic carbocycles. The smallest absolute Gasteiger partial charge is 0.0466 e. The Balaban J connectivity index is 1.51. The molecule has 1 fully saturated rings. The van der Waals surface area contributed by atoms with Crippen molar-refractivity contribution in [1.82, 2.24) is 10.2 Å². The average molecular weight is 290 g/mol. The van der Waals surface area contributed by atoms with Gasteiger partial charge in [0.2, 0.25) is 0 Å². The van der Waals surface area contributed by atoms with Crippen molar-refractivity contribution in [3.05, 3.63) is 35.9 Å². The molecule has 0 radical (unpaired) electrons. The maximum absolute atomic E-state index is 5.34. The summed E-state index contributed by atoms with van der Waals surface area (Å²) in [7, 11) is 0. The average Bonchev–Trinajstić information content (AvgIpc) is 3.00. The van der Waals surface area contributed by atoms with Gasteiger partial charge >= 0.3 is 0 Å². The Morgan fingerprint density at radius 3 is 2.86 bits per heavy atom. The first-order chi connectivity index (χ1) is 10.4. The zero-order valence-electron chi connectivity index (χ0n) is 13.4. The number of hydrogen-bond acceptors (Lipinski definition) is 3. The van der Waals surface area contributed by atoms with Crippen molar-refractivity contribution in [2.75, 3.05) is 45.9 Å². The van der Waals surface area contributed by atoms with Crippen molar-refractivity contribution in [3.63, 3.8) is 0 Å². The molecule has 0 spiro atoms. The third-order valence-corrected chi connectivity index (χ3v) is 4.24. The van der Waals surface area contributed by atoms with E-state index in [1.807, 2.05) is 0 Å². The number of hydrogen-bond donors (Lipinski definition) is 1. The quantitative estimate of drug-likeness (QED) is 0.671. The van der Waals surface area contributed by atoms with Gasteiger partial charge in [-0.1, -0.05) is 30.3 Å². The number of nitrogens with one attached hydrogen (secondary N) is 1. The molecule has 0 amide bonds. The van der Waals surface area contributed by atoms with Crippen molar-refractivity contribution < 1.29 is 4.74 Å². The zero-order chi connectivity index (χ0) is 14.8. The molecule has 1 aliphatic heterocycles. The summed E-state index contributed by atoms with van der Waals surface area (Å²) in [6.07, 6.45) is 3.69. The Kier molecular flexibility index (Phi) is 7.79. The summed E-state index contributed by atoms with van der Waals surface area (Å²) in [5, 5.41) is 3.55. The van der Waals surface area contributed by atoms with Gasteiger partial charge in [-0.2, -0.15) is 0 Å². The summed E-state index contributed by atoms with van der Waals surface area (Å²) in [5.41, 5.74) is 1.50. The van der Waals surface area contributed by atoms with Gasteiger partial charge in [-0.25, -0.2) is 0 Å². The van der Waals surface area contributed by atoms with E-state index in [9.17, 15) is 0 Å². The number of nitrogens with zero attached hydrogens (tertiary/aromatic N) is 1. The summed E-state index contributed by atoms with van der Waals surface area (Å²) in [6.45, 7) is 9.65. The molecule has 1 unspecified atom stereocenters. The molecule has 1 atom stereocenters. The molecule has 21 heavy (non-hydrogen) atoms. The van der Waals surface area contributed by atoms with Gasteiger partial charge in [0.15, 0.2) is 0 Å². The minimum Gasteiger partial charge on any atom is -0.382 e. The van der Waals surface area contributed by atoms with E-state index in [0.29, 0.717) is 0 Å².